The van der Waals surface area contributed by atoms with Crippen molar-refractivity contribution in [2.45, 2.75) is 19.4 Å². The molecule has 1 saturated heterocycles. The second-order valence-corrected chi connectivity index (χ2v) is 4.94. The molecule has 98 valence electrons. The van der Waals surface area contributed by atoms with Crippen LogP contribution in [0.1, 0.15) is 23.8 Å². The quantitative estimate of drug-likeness (QED) is 0.778. The smallest absolute Gasteiger partial charge is 0.271 e. The standard InChI is InChI=1S/C12H19N5O/c1-8-7-17(2)4-3-9(8)16-12(18)10-5-14-6-11(13)15-10/h5-6,8-9H,3-4,7H2,1-2H3,(H2,13,15)(H,16,18). The fraction of sp³-hybridized carbons (Fsp3) is 0.583. The Morgan fingerprint density at radius 3 is 3.00 bits per heavy atom. The monoisotopic (exact) mass is 249 g/mol. The highest BCUT2D eigenvalue weighted by molar-refractivity contribution is 5.92. The van der Waals surface area contributed by atoms with Crippen LogP contribution in [0.3, 0.4) is 0 Å². The third kappa shape index (κ3) is 2.95. The fourth-order valence-corrected chi connectivity index (χ4v) is 2.30. The molecule has 1 aromatic rings. The minimum absolute atomic E-state index is 0.192. The minimum atomic E-state index is -0.198. The number of nitrogens with two attached hydrogens (primary N) is 1. The molecule has 18 heavy (non-hydrogen) atoms. The van der Waals surface area contributed by atoms with Crippen molar-refractivity contribution in [1.29, 1.82) is 0 Å². The van der Waals surface area contributed by atoms with Crippen LogP contribution in [-0.4, -0.2) is 47.0 Å². The van der Waals surface area contributed by atoms with E-state index < -0.39 is 0 Å². The summed E-state index contributed by atoms with van der Waals surface area (Å²) in [6.45, 7) is 4.14. The van der Waals surface area contributed by atoms with Gasteiger partial charge in [0.25, 0.3) is 5.91 Å². The van der Waals surface area contributed by atoms with E-state index in [2.05, 4.69) is 34.2 Å². The van der Waals surface area contributed by atoms with E-state index in [0.29, 0.717) is 5.92 Å². The summed E-state index contributed by atoms with van der Waals surface area (Å²) in [6.07, 6.45) is 3.82. The number of hydrogen-bond acceptors (Lipinski definition) is 5. The van der Waals surface area contributed by atoms with Gasteiger partial charge in [-0.1, -0.05) is 6.92 Å². The molecule has 2 rings (SSSR count). The van der Waals surface area contributed by atoms with Crippen LogP contribution in [0, 0.1) is 5.92 Å². The average Bonchev–Trinajstić information content (AvgIpc) is 2.32. The molecule has 0 bridgehead atoms. The number of aromatic nitrogens is 2. The molecule has 0 radical (unpaired) electrons. The molecule has 6 heteroatoms. The Bertz CT molecular complexity index is 436. The maximum absolute atomic E-state index is 12.0. The van der Waals surface area contributed by atoms with Crippen molar-refractivity contribution in [1.82, 2.24) is 20.2 Å². The van der Waals surface area contributed by atoms with E-state index in [1.54, 1.807) is 0 Å². The molecule has 1 amide bonds. The lowest BCUT2D eigenvalue weighted by Crippen LogP contribution is -2.49. The molecule has 2 unspecified atom stereocenters. The van der Waals surface area contributed by atoms with Gasteiger partial charge >= 0.3 is 0 Å². The highest BCUT2D eigenvalue weighted by atomic mass is 16.2. The molecular formula is C12H19N5O. The molecule has 0 spiro atoms. The van der Waals surface area contributed by atoms with Gasteiger partial charge in [0.2, 0.25) is 0 Å². The number of likely N-dealkylation sites (tertiary alicyclic amines) is 1. The zero-order valence-corrected chi connectivity index (χ0v) is 10.8. The van der Waals surface area contributed by atoms with Crippen molar-refractivity contribution >= 4 is 11.7 Å². The minimum Gasteiger partial charge on any atom is -0.382 e. The molecule has 0 aliphatic carbocycles. The van der Waals surface area contributed by atoms with E-state index in [1.165, 1.54) is 12.4 Å². The molecule has 2 heterocycles. The molecule has 1 aromatic heterocycles. The van der Waals surface area contributed by atoms with Crippen LogP contribution in [0.5, 0.6) is 0 Å². The molecule has 0 saturated carbocycles. The summed E-state index contributed by atoms with van der Waals surface area (Å²) in [7, 11) is 2.10. The van der Waals surface area contributed by atoms with Gasteiger partial charge in [0.15, 0.2) is 0 Å². The van der Waals surface area contributed by atoms with Crippen LogP contribution >= 0.6 is 0 Å². The third-order valence-corrected chi connectivity index (χ3v) is 3.31. The van der Waals surface area contributed by atoms with Crippen LogP contribution in [-0.2, 0) is 0 Å². The summed E-state index contributed by atoms with van der Waals surface area (Å²) in [4.78, 5) is 22.1. The Kier molecular flexibility index (Phi) is 3.76. The average molecular weight is 249 g/mol. The predicted octanol–water partition coefficient (Wildman–Crippen LogP) is 0.129. The molecule has 1 fully saturated rings. The molecule has 1 aliphatic heterocycles. The first-order chi connectivity index (χ1) is 8.56. The van der Waals surface area contributed by atoms with Gasteiger partial charge in [0.05, 0.1) is 12.4 Å². The third-order valence-electron chi connectivity index (χ3n) is 3.31. The van der Waals surface area contributed by atoms with Crippen molar-refractivity contribution in [2.24, 2.45) is 5.92 Å². The van der Waals surface area contributed by atoms with Crippen molar-refractivity contribution < 1.29 is 4.79 Å². The lowest BCUT2D eigenvalue weighted by atomic mass is 9.94. The first kappa shape index (κ1) is 12.8. The van der Waals surface area contributed by atoms with Crippen molar-refractivity contribution in [3.05, 3.63) is 18.1 Å². The van der Waals surface area contributed by atoms with Crippen LogP contribution in [0.25, 0.3) is 0 Å². The van der Waals surface area contributed by atoms with Gasteiger partial charge in [0.1, 0.15) is 11.5 Å². The highest BCUT2D eigenvalue weighted by Crippen LogP contribution is 2.15. The number of hydrogen-bond donors (Lipinski definition) is 2. The number of nitrogen functional groups attached to an aromatic ring is 1. The number of carbonyl (C=O) groups excluding carboxylic acids is 1. The van der Waals surface area contributed by atoms with Gasteiger partial charge in [0, 0.05) is 12.6 Å². The van der Waals surface area contributed by atoms with Gasteiger partial charge in [-0.15, -0.1) is 0 Å². The fourth-order valence-electron chi connectivity index (χ4n) is 2.30. The Morgan fingerprint density at radius 1 is 1.56 bits per heavy atom. The summed E-state index contributed by atoms with van der Waals surface area (Å²) in [5, 5.41) is 3.01. The van der Waals surface area contributed by atoms with Gasteiger partial charge < -0.3 is 16.0 Å². The summed E-state index contributed by atoms with van der Waals surface area (Å²) in [6, 6.07) is 0.192. The maximum atomic E-state index is 12.0. The predicted molar refractivity (Wildman–Crippen MR) is 69.0 cm³/mol. The van der Waals surface area contributed by atoms with Gasteiger partial charge in [-0.05, 0) is 25.9 Å². The summed E-state index contributed by atoms with van der Waals surface area (Å²) in [5.74, 6) is 0.497. The Labute approximate surface area is 107 Å². The van der Waals surface area contributed by atoms with E-state index in [1.807, 2.05) is 0 Å². The highest BCUT2D eigenvalue weighted by Gasteiger charge is 2.26. The molecule has 3 N–H and O–H groups in total. The second kappa shape index (κ2) is 5.30. The Hall–Kier alpha value is -1.69. The van der Waals surface area contributed by atoms with Crippen molar-refractivity contribution in [2.75, 3.05) is 25.9 Å². The number of amides is 1. The molecule has 6 nitrogen and oxygen atoms in total. The molecule has 1 aliphatic rings. The van der Waals surface area contributed by atoms with Gasteiger partial charge in [-0.3, -0.25) is 9.78 Å². The van der Waals surface area contributed by atoms with E-state index in [4.69, 9.17) is 5.73 Å². The zero-order chi connectivity index (χ0) is 13.1. The number of rotatable bonds is 2. The van der Waals surface area contributed by atoms with Crippen molar-refractivity contribution in [3.63, 3.8) is 0 Å². The van der Waals surface area contributed by atoms with E-state index in [0.717, 1.165) is 19.5 Å². The normalized spacial score (nSPS) is 24.8. The molecule has 0 aromatic carbocycles. The van der Waals surface area contributed by atoms with Gasteiger partial charge in [-0.2, -0.15) is 0 Å². The number of nitrogens with zero attached hydrogens (tertiary/aromatic N) is 3. The SMILES string of the molecule is CC1CN(C)CCC1NC(=O)c1cncc(N)n1. The van der Waals surface area contributed by atoms with E-state index >= 15 is 0 Å². The number of piperidine rings is 1. The maximum Gasteiger partial charge on any atom is 0.271 e. The lowest BCUT2D eigenvalue weighted by Gasteiger charge is -2.35. The Balaban J connectivity index is 1.99. The van der Waals surface area contributed by atoms with Crippen molar-refractivity contribution in [3.8, 4) is 0 Å². The molecule has 2 atom stereocenters. The van der Waals surface area contributed by atoms with Crippen LogP contribution in [0.2, 0.25) is 0 Å². The van der Waals surface area contributed by atoms with Crippen LogP contribution < -0.4 is 11.1 Å². The van der Waals surface area contributed by atoms with E-state index in [-0.39, 0.29) is 23.5 Å². The lowest BCUT2D eigenvalue weighted by molar-refractivity contribution is 0.0878. The molecular weight excluding hydrogens is 230 g/mol. The number of anilines is 1. The second-order valence-electron chi connectivity index (χ2n) is 4.94. The summed E-state index contributed by atoms with van der Waals surface area (Å²) >= 11 is 0. The van der Waals surface area contributed by atoms with Crippen LogP contribution in [0.15, 0.2) is 12.4 Å². The first-order valence-electron chi connectivity index (χ1n) is 6.13. The Morgan fingerprint density at radius 2 is 2.33 bits per heavy atom. The summed E-state index contributed by atoms with van der Waals surface area (Å²) in [5.41, 5.74) is 5.79. The van der Waals surface area contributed by atoms with E-state index in [9.17, 15) is 4.79 Å². The first-order valence-corrected chi connectivity index (χ1v) is 6.13. The topological polar surface area (TPSA) is 84.1 Å². The largest absolute Gasteiger partial charge is 0.382 e. The van der Waals surface area contributed by atoms with Gasteiger partial charge in [-0.25, -0.2) is 4.98 Å². The number of carbonyl (C=O) groups is 1. The number of nitrogens with one attached hydrogen (secondary N) is 1. The summed E-state index contributed by atoms with van der Waals surface area (Å²) < 4.78 is 0. The zero-order valence-electron chi connectivity index (χ0n) is 10.8. The van der Waals surface area contributed by atoms with Crippen LogP contribution in [0.4, 0.5) is 5.82 Å².